The SMILES string of the molecule is Cc1ccc(C23OC4C(=O)C5CC4C2C5C(=O)N3c2ccccc2)cc1. The minimum absolute atomic E-state index is 0.0424. The summed E-state index contributed by atoms with van der Waals surface area (Å²) in [6.45, 7) is 2.05. The van der Waals surface area contributed by atoms with Gasteiger partial charge in [-0.1, -0.05) is 48.0 Å². The zero-order valence-corrected chi connectivity index (χ0v) is 14.5. The van der Waals surface area contributed by atoms with Crippen LogP contribution in [0.4, 0.5) is 5.69 Å². The van der Waals surface area contributed by atoms with Gasteiger partial charge < -0.3 is 4.74 Å². The van der Waals surface area contributed by atoms with E-state index in [4.69, 9.17) is 4.74 Å². The second-order valence-electron chi connectivity index (χ2n) is 8.07. The van der Waals surface area contributed by atoms with E-state index < -0.39 is 5.72 Å². The van der Waals surface area contributed by atoms with Crippen molar-refractivity contribution in [3.05, 3.63) is 65.7 Å². The first-order valence-electron chi connectivity index (χ1n) is 9.31. The first kappa shape index (κ1) is 14.7. The largest absolute Gasteiger partial charge is 0.339 e. The number of ketones is 1. The van der Waals surface area contributed by atoms with Crippen molar-refractivity contribution in [2.24, 2.45) is 23.7 Å². The second kappa shape index (κ2) is 4.63. The van der Waals surface area contributed by atoms with E-state index in [2.05, 4.69) is 24.3 Å². The molecule has 130 valence electrons. The number of benzene rings is 2. The molecule has 6 unspecified atom stereocenters. The Morgan fingerprint density at radius 2 is 1.77 bits per heavy atom. The van der Waals surface area contributed by atoms with Crippen LogP contribution in [0, 0.1) is 30.6 Å². The van der Waals surface area contributed by atoms with Gasteiger partial charge in [0.05, 0.1) is 5.92 Å². The van der Waals surface area contributed by atoms with Crippen molar-refractivity contribution in [3.8, 4) is 0 Å². The smallest absolute Gasteiger partial charge is 0.233 e. The molecule has 26 heavy (non-hydrogen) atoms. The Kier molecular flexibility index (Phi) is 2.61. The number of Topliss-reactive ketones (excluding diaryl/α,β-unsaturated/α-hetero) is 1. The van der Waals surface area contributed by atoms with Crippen LogP contribution in [0.15, 0.2) is 54.6 Å². The van der Waals surface area contributed by atoms with Gasteiger partial charge in [-0.3, -0.25) is 14.5 Å². The molecule has 0 N–H and O–H groups in total. The Morgan fingerprint density at radius 1 is 1.04 bits per heavy atom. The van der Waals surface area contributed by atoms with Crippen molar-refractivity contribution in [3.63, 3.8) is 0 Å². The summed E-state index contributed by atoms with van der Waals surface area (Å²) in [6.07, 6.45) is 0.447. The number of amides is 1. The molecule has 4 aliphatic rings. The number of ether oxygens (including phenoxy) is 1. The van der Waals surface area contributed by atoms with Crippen LogP contribution in [0.1, 0.15) is 17.5 Å². The topological polar surface area (TPSA) is 46.6 Å². The van der Waals surface area contributed by atoms with Crippen LogP contribution in [-0.2, 0) is 20.1 Å². The molecule has 2 aliphatic heterocycles. The Balaban J connectivity index is 1.62. The van der Waals surface area contributed by atoms with Crippen LogP contribution >= 0.6 is 0 Å². The van der Waals surface area contributed by atoms with Crippen molar-refractivity contribution in [1.29, 1.82) is 0 Å². The normalized spacial score (nSPS) is 39.3. The first-order valence-corrected chi connectivity index (χ1v) is 9.31. The van der Waals surface area contributed by atoms with Gasteiger partial charge in [0.25, 0.3) is 0 Å². The molecule has 6 atom stereocenters. The van der Waals surface area contributed by atoms with Crippen LogP contribution in [-0.4, -0.2) is 17.8 Å². The summed E-state index contributed by atoms with van der Waals surface area (Å²) in [5.74, 6) is 0.00504. The average Bonchev–Trinajstić information content (AvgIpc) is 3.32. The molecular weight excluding hydrogens is 326 g/mol. The molecule has 4 fully saturated rings. The lowest BCUT2D eigenvalue weighted by molar-refractivity contribution is -0.142. The summed E-state index contributed by atoms with van der Waals surface area (Å²) in [5, 5.41) is 0. The van der Waals surface area contributed by atoms with Crippen molar-refractivity contribution < 1.29 is 14.3 Å². The van der Waals surface area contributed by atoms with Crippen LogP contribution in [0.25, 0.3) is 0 Å². The van der Waals surface area contributed by atoms with Gasteiger partial charge in [0.15, 0.2) is 11.5 Å². The molecule has 2 saturated carbocycles. The third kappa shape index (κ3) is 1.47. The van der Waals surface area contributed by atoms with E-state index in [9.17, 15) is 9.59 Å². The van der Waals surface area contributed by atoms with E-state index in [0.717, 1.165) is 17.7 Å². The number of fused-ring (bicyclic) bond motifs is 2. The number of para-hydroxylation sites is 1. The van der Waals surface area contributed by atoms with E-state index >= 15 is 0 Å². The van der Waals surface area contributed by atoms with Crippen LogP contribution in [0.3, 0.4) is 0 Å². The molecule has 2 aromatic carbocycles. The zero-order valence-electron chi connectivity index (χ0n) is 14.5. The Hall–Kier alpha value is -2.46. The third-order valence-corrected chi connectivity index (χ3v) is 6.92. The Morgan fingerprint density at radius 3 is 2.50 bits per heavy atom. The second-order valence-corrected chi connectivity index (χ2v) is 8.07. The average molecular weight is 345 g/mol. The fourth-order valence-corrected chi connectivity index (χ4v) is 6.00. The van der Waals surface area contributed by atoms with E-state index in [0.29, 0.717) is 0 Å². The minimum Gasteiger partial charge on any atom is -0.339 e. The van der Waals surface area contributed by atoms with Gasteiger partial charge >= 0.3 is 0 Å². The number of carbonyl (C=O) groups is 2. The molecule has 4 heteroatoms. The van der Waals surface area contributed by atoms with E-state index in [1.165, 1.54) is 5.56 Å². The molecule has 2 aromatic rings. The van der Waals surface area contributed by atoms with E-state index in [1.807, 2.05) is 42.2 Å². The van der Waals surface area contributed by atoms with Crippen LogP contribution < -0.4 is 4.90 Å². The van der Waals surface area contributed by atoms with Gasteiger partial charge in [-0.15, -0.1) is 0 Å². The number of anilines is 1. The third-order valence-electron chi connectivity index (χ3n) is 6.92. The molecule has 0 aromatic heterocycles. The highest BCUT2D eigenvalue weighted by Crippen LogP contribution is 2.69. The fraction of sp³-hybridized carbons (Fsp3) is 0.364. The number of nitrogens with zero attached hydrogens (tertiary/aromatic N) is 1. The van der Waals surface area contributed by atoms with Crippen molar-refractivity contribution in [2.45, 2.75) is 25.2 Å². The van der Waals surface area contributed by atoms with Crippen molar-refractivity contribution in [2.75, 3.05) is 4.90 Å². The Bertz CT molecular complexity index is 938. The molecule has 2 bridgehead atoms. The molecule has 0 spiro atoms. The van der Waals surface area contributed by atoms with Gasteiger partial charge in [-0.25, -0.2) is 0 Å². The molecule has 6 rings (SSSR count). The number of carbonyl (C=O) groups excluding carboxylic acids is 2. The predicted octanol–water partition coefficient (Wildman–Crippen LogP) is 3.04. The van der Waals surface area contributed by atoms with Gasteiger partial charge in [0, 0.05) is 29.0 Å². The monoisotopic (exact) mass is 345 g/mol. The van der Waals surface area contributed by atoms with Gasteiger partial charge in [-0.2, -0.15) is 0 Å². The standard InChI is InChI=1S/C22H19NO3/c1-12-7-9-13(10-8-12)22-18-16-11-15(19(24)20(16)26-22)17(18)21(25)23(22)14-5-3-2-4-6-14/h2-10,15-18,20H,11H2,1H3. The summed E-state index contributed by atoms with van der Waals surface area (Å²) >= 11 is 0. The van der Waals surface area contributed by atoms with E-state index in [1.54, 1.807) is 0 Å². The quantitative estimate of drug-likeness (QED) is 0.840. The minimum atomic E-state index is -0.854. The zero-order chi connectivity index (χ0) is 17.6. The lowest BCUT2D eigenvalue weighted by Gasteiger charge is -2.38. The number of hydrogen-bond acceptors (Lipinski definition) is 3. The molecule has 4 nitrogen and oxygen atoms in total. The highest BCUT2D eigenvalue weighted by Gasteiger charge is 2.79. The van der Waals surface area contributed by atoms with Crippen molar-refractivity contribution >= 4 is 17.4 Å². The maximum absolute atomic E-state index is 13.5. The molecular formula is C22H19NO3. The molecule has 2 saturated heterocycles. The number of aryl methyl sites for hydroxylation is 1. The van der Waals surface area contributed by atoms with Crippen molar-refractivity contribution in [1.82, 2.24) is 0 Å². The summed E-state index contributed by atoms with van der Waals surface area (Å²) < 4.78 is 6.55. The van der Waals surface area contributed by atoms with Gasteiger partial charge in [0.2, 0.25) is 5.91 Å². The maximum atomic E-state index is 13.5. The lowest BCUT2D eigenvalue weighted by atomic mass is 9.76. The molecule has 0 radical (unpaired) electrons. The Labute approximate surface area is 151 Å². The fourth-order valence-electron chi connectivity index (χ4n) is 6.00. The summed E-state index contributed by atoms with van der Waals surface area (Å²) in [5.41, 5.74) is 2.14. The van der Waals surface area contributed by atoms with Gasteiger partial charge in [0.1, 0.15) is 6.10 Å². The van der Waals surface area contributed by atoms with Crippen LogP contribution in [0.2, 0.25) is 0 Å². The predicted molar refractivity (Wildman–Crippen MR) is 95.2 cm³/mol. The summed E-state index contributed by atoms with van der Waals surface area (Å²) in [4.78, 5) is 28.1. The highest BCUT2D eigenvalue weighted by atomic mass is 16.5. The number of rotatable bonds is 2. The van der Waals surface area contributed by atoms with Gasteiger partial charge in [-0.05, 0) is 25.5 Å². The first-order chi connectivity index (χ1) is 12.6. The molecule has 1 amide bonds. The van der Waals surface area contributed by atoms with Crippen LogP contribution in [0.5, 0.6) is 0 Å². The molecule has 2 aliphatic carbocycles. The number of hydrogen-bond donors (Lipinski definition) is 0. The summed E-state index contributed by atoms with van der Waals surface area (Å²) in [7, 11) is 0. The molecule has 2 heterocycles. The summed E-state index contributed by atoms with van der Waals surface area (Å²) in [6, 6.07) is 18.0. The lowest BCUT2D eigenvalue weighted by Crippen LogP contribution is -2.48. The van der Waals surface area contributed by atoms with E-state index in [-0.39, 0.29) is 41.5 Å². The highest BCUT2D eigenvalue weighted by molar-refractivity contribution is 6.06. The maximum Gasteiger partial charge on any atom is 0.233 e.